The Morgan fingerprint density at radius 1 is 1.27 bits per heavy atom. The van der Waals surface area contributed by atoms with Crippen LogP contribution in [0.25, 0.3) is 0 Å². The van der Waals surface area contributed by atoms with Crippen LogP contribution in [-0.4, -0.2) is 32.3 Å². The minimum Gasteiger partial charge on any atom is -0.377 e. The highest BCUT2D eigenvalue weighted by molar-refractivity contribution is 5.50. The van der Waals surface area contributed by atoms with Crippen molar-refractivity contribution >= 4 is 5.69 Å². The molecule has 1 saturated heterocycles. The maximum absolute atomic E-state index is 14.2. The van der Waals surface area contributed by atoms with E-state index in [1.54, 1.807) is 6.07 Å². The lowest BCUT2D eigenvalue weighted by Gasteiger charge is -2.25. The molecule has 124 valence electrons. The van der Waals surface area contributed by atoms with Crippen molar-refractivity contribution in [1.29, 1.82) is 0 Å². The topological polar surface area (TPSA) is 24.5 Å². The molecule has 0 radical (unpaired) electrons. The third kappa shape index (κ3) is 4.96. The van der Waals surface area contributed by atoms with Gasteiger partial charge in [-0.1, -0.05) is 19.9 Å². The van der Waals surface area contributed by atoms with Crippen molar-refractivity contribution in [2.24, 2.45) is 0 Å². The average Bonchev–Trinajstić information content (AvgIpc) is 3.02. The van der Waals surface area contributed by atoms with Gasteiger partial charge in [-0.3, -0.25) is 0 Å². The average molecular weight is 308 g/mol. The van der Waals surface area contributed by atoms with Crippen LogP contribution in [0.4, 0.5) is 10.1 Å². The van der Waals surface area contributed by atoms with Crippen LogP contribution in [-0.2, 0) is 11.3 Å². The molecule has 0 saturated carbocycles. The van der Waals surface area contributed by atoms with E-state index < -0.39 is 0 Å². The summed E-state index contributed by atoms with van der Waals surface area (Å²) >= 11 is 0. The Bertz CT molecular complexity index is 441. The smallest absolute Gasteiger partial charge is 0.146 e. The summed E-state index contributed by atoms with van der Waals surface area (Å²) in [6.07, 6.45) is 4.71. The van der Waals surface area contributed by atoms with E-state index in [1.807, 2.05) is 12.1 Å². The first kappa shape index (κ1) is 17.2. The second-order valence-corrected chi connectivity index (χ2v) is 6.04. The highest BCUT2D eigenvalue weighted by atomic mass is 19.1. The fraction of sp³-hybridized carbons (Fsp3) is 0.667. The zero-order valence-corrected chi connectivity index (χ0v) is 13.9. The third-order valence-electron chi connectivity index (χ3n) is 4.06. The standard InChI is InChI=1S/C18H29FN2O/c1-3-9-21(10-4-2)18-12-15(7-8-17(18)19)13-20-14-16-6-5-11-22-16/h7-8,12,16,20H,3-6,9-11,13-14H2,1-2H3. The Morgan fingerprint density at radius 3 is 2.68 bits per heavy atom. The van der Waals surface area contributed by atoms with Crippen molar-refractivity contribution in [3.8, 4) is 0 Å². The first-order valence-corrected chi connectivity index (χ1v) is 8.60. The summed E-state index contributed by atoms with van der Waals surface area (Å²) in [7, 11) is 0. The highest BCUT2D eigenvalue weighted by Gasteiger charge is 2.15. The molecule has 22 heavy (non-hydrogen) atoms. The lowest BCUT2D eigenvalue weighted by Crippen LogP contribution is -2.27. The summed E-state index contributed by atoms with van der Waals surface area (Å²) in [5, 5.41) is 3.43. The van der Waals surface area contributed by atoms with Crippen molar-refractivity contribution in [3.63, 3.8) is 0 Å². The van der Waals surface area contributed by atoms with E-state index in [4.69, 9.17) is 4.74 Å². The molecule has 1 unspecified atom stereocenters. The number of ether oxygens (including phenoxy) is 1. The van der Waals surface area contributed by atoms with Crippen molar-refractivity contribution in [3.05, 3.63) is 29.6 Å². The Balaban J connectivity index is 1.95. The Hall–Kier alpha value is -1.13. The molecule has 0 aromatic heterocycles. The van der Waals surface area contributed by atoms with Gasteiger partial charge in [-0.05, 0) is 43.4 Å². The molecule has 1 aliphatic rings. The zero-order chi connectivity index (χ0) is 15.8. The largest absolute Gasteiger partial charge is 0.377 e. The second-order valence-electron chi connectivity index (χ2n) is 6.04. The summed E-state index contributed by atoms with van der Waals surface area (Å²) in [6, 6.07) is 5.46. The van der Waals surface area contributed by atoms with E-state index in [9.17, 15) is 4.39 Å². The molecular formula is C18H29FN2O. The number of benzene rings is 1. The van der Waals surface area contributed by atoms with E-state index in [0.717, 1.165) is 69.7 Å². The van der Waals surface area contributed by atoms with Crippen molar-refractivity contribution < 1.29 is 9.13 Å². The molecule has 0 amide bonds. The molecule has 1 aromatic carbocycles. The van der Waals surface area contributed by atoms with Gasteiger partial charge in [0.05, 0.1) is 11.8 Å². The SMILES string of the molecule is CCCN(CCC)c1cc(CNCC2CCCO2)ccc1F. The number of nitrogens with one attached hydrogen (secondary N) is 1. The van der Waals surface area contributed by atoms with Crippen LogP contribution in [0.2, 0.25) is 0 Å². The predicted octanol–water partition coefficient (Wildman–Crippen LogP) is 3.72. The first-order valence-electron chi connectivity index (χ1n) is 8.60. The number of rotatable bonds is 9. The molecule has 3 nitrogen and oxygen atoms in total. The zero-order valence-electron chi connectivity index (χ0n) is 13.9. The normalized spacial score (nSPS) is 17.9. The van der Waals surface area contributed by atoms with Gasteiger partial charge >= 0.3 is 0 Å². The number of hydrogen-bond acceptors (Lipinski definition) is 3. The molecule has 0 aliphatic carbocycles. The summed E-state index contributed by atoms with van der Waals surface area (Å²) in [4.78, 5) is 2.15. The summed E-state index contributed by atoms with van der Waals surface area (Å²) in [6.45, 7) is 8.59. The minimum atomic E-state index is -0.121. The summed E-state index contributed by atoms with van der Waals surface area (Å²) < 4.78 is 19.8. The van der Waals surface area contributed by atoms with Crippen LogP contribution in [0.1, 0.15) is 45.1 Å². The summed E-state index contributed by atoms with van der Waals surface area (Å²) in [5.74, 6) is -0.121. The lowest BCUT2D eigenvalue weighted by atomic mass is 10.1. The molecule has 1 aliphatic heterocycles. The fourth-order valence-electron chi connectivity index (χ4n) is 2.99. The van der Waals surface area contributed by atoms with Crippen molar-refractivity contribution in [2.75, 3.05) is 31.1 Å². The van der Waals surface area contributed by atoms with Gasteiger partial charge in [0.25, 0.3) is 0 Å². The number of halogens is 1. The molecule has 0 spiro atoms. The maximum atomic E-state index is 14.2. The van der Waals surface area contributed by atoms with E-state index in [0.29, 0.717) is 6.10 Å². The fourth-order valence-corrected chi connectivity index (χ4v) is 2.99. The maximum Gasteiger partial charge on any atom is 0.146 e. The number of anilines is 1. The lowest BCUT2D eigenvalue weighted by molar-refractivity contribution is 0.110. The molecule has 0 bridgehead atoms. The third-order valence-corrected chi connectivity index (χ3v) is 4.06. The van der Waals surface area contributed by atoms with Gasteiger partial charge in [0.2, 0.25) is 0 Å². The quantitative estimate of drug-likeness (QED) is 0.752. The second kappa shape index (κ2) is 9.11. The number of hydrogen-bond donors (Lipinski definition) is 1. The number of nitrogens with zero attached hydrogens (tertiary/aromatic N) is 1. The van der Waals surface area contributed by atoms with E-state index in [2.05, 4.69) is 24.1 Å². The van der Waals surface area contributed by atoms with Gasteiger partial charge in [-0.15, -0.1) is 0 Å². The van der Waals surface area contributed by atoms with Gasteiger partial charge in [0.15, 0.2) is 0 Å². The minimum absolute atomic E-state index is 0.121. The van der Waals surface area contributed by atoms with Crippen LogP contribution in [0.5, 0.6) is 0 Å². The Kier molecular flexibility index (Phi) is 7.13. The van der Waals surface area contributed by atoms with E-state index in [1.165, 1.54) is 0 Å². The Labute approximate surface area is 133 Å². The van der Waals surface area contributed by atoms with Crippen LogP contribution >= 0.6 is 0 Å². The van der Waals surface area contributed by atoms with Crippen LogP contribution < -0.4 is 10.2 Å². The Morgan fingerprint density at radius 2 is 2.05 bits per heavy atom. The van der Waals surface area contributed by atoms with Gasteiger partial charge in [0, 0.05) is 32.8 Å². The molecule has 1 atom stereocenters. The van der Waals surface area contributed by atoms with Crippen LogP contribution in [0.3, 0.4) is 0 Å². The van der Waals surface area contributed by atoms with Gasteiger partial charge < -0.3 is 15.0 Å². The molecule has 1 N–H and O–H groups in total. The molecule has 1 aromatic rings. The van der Waals surface area contributed by atoms with E-state index in [-0.39, 0.29) is 5.82 Å². The van der Waals surface area contributed by atoms with Gasteiger partial charge in [-0.25, -0.2) is 4.39 Å². The molecule has 4 heteroatoms. The van der Waals surface area contributed by atoms with Gasteiger partial charge in [0.1, 0.15) is 5.82 Å². The molecule has 1 heterocycles. The molecule has 1 fully saturated rings. The van der Waals surface area contributed by atoms with Crippen molar-refractivity contribution in [1.82, 2.24) is 5.32 Å². The van der Waals surface area contributed by atoms with Crippen LogP contribution in [0.15, 0.2) is 18.2 Å². The van der Waals surface area contributed by atoms with E-state index >= 15 is 0 Å². The van der Waals surface area contributed by atoms with Crippen LogP contribution in [0, 0.1) is 5.82 Å². The molecule has 2 rings (SSSR count). The monoisotopic (exact) mass is 308 g/mol. The highest BCUT2D eigenvalue weighted by Crippen LogP contribution is 2.22. The first-order chi connectivity index (χ1) is 10.7. The predicted molar refractivity (Wildman–Crippen MR) is 89.9 cm³/mol. The molecular weight excluding hydrogens is 279 g/mol. The summed E-state index contributed by atoms with van der Waals surface area (Å²) in [5.41, 5.74) is 1.87. The van der Waals surface area contributed by atoms with Crippen molar-refractivity contribution in [2.45, 2.75) is 52.2 Å². The van der Waals surface area contributed by atoms with Gasteiger partial charge in [-0.2, -0.15) is 0 Å².